The molecule has 0 spiro atoms. The molecule has 0 aliphatic carbocycles. The van der Waals surface area contributed by atoms with Gasteiger partial charge in [-0.15, -0.1) is 0 Å². The van der Waals surface area contributed by atoms with Gasteiger partial charge in [-0.1, -0.05) is 12.1 Å². The van der Waals surface area contributed by atoms with Crippen molar-refractivity contribution in [1.29, 1.82) is 0 Å². The van der Waals surface area contributed by atoms with Crippen molar-refractivity contribution in [1.82, 2.24) is 5.32 Å². The summed E-state index contributed by atoms with van der Waals surface area (Å²) in [7, 11) is -0.484. The van der Waals surface area contributed by atoms with Gasteiger partial charge in [-0.05, 0) is 51.2 Å². The van der Waals surface area contributed by atoms with Gasteiger partial charge >= 0.3 is 13.2 Å². The summed E-state index contributed by atoms with van der Waals surface area (Å²) in [4.78, 5) is 10.9. The Labute approximate surface area is 136 Å². The molecular weight excluding hydrogens is 297 g/mol. The molecular formula is C16H22BNO5. The van der Waals surface area contributed by atoms with Crippen molar-refractivity contribution in [3.05, 3.63) is 23.8 Å². The first-order chi connectivity index (χ1) is 10.7. The van der Waals surface area contributed by atoms with Gasteiger partial charge in [0, 0.05) is 0 Å². The van der Waals surface area contributed by atoms with Crippen LogP contribution in [0.3, 0.4) is 0 Å². The monoisotopic (exact) mass is 319 g/mol. The van der Waals surface area contributed by atoms with Gasteiger partial charge in [0.25, 0.3) is 0 Å². The Morgan fingerprint density at radius 1 is 1.26 bits per heavy atom. The highest BCUT2D eigenvalue weighted by Crippen LogP contribution is 2.37. The largest absolute Gasteiger partial charge is 0.495 e. The van der Waals surface area contributed by atoms with E-state index in [0.717, 1.165) is 16.8 Å². The summed E-state index contributed by atoms with van der Waals surface area (Å²) >= 11 is 0. The highest BCUT2D eigenvalue weighted by atomic mass is 16.7. The summed E-state index contributed by atoms with van der Waals surface area (Å²) in [6.07, 6.45) is -0.489. The standard InChI is InChI=1S/C16H22BNO5/c1-15(2)16(3,4)23-17(22-15)12-6-5-7-13-11(12)8-10(9-21-13)18-14(19)20/h5-7,10,18H,8-9H2,1-4H3,(H,19,20)/t10-/m0/s1. The highest BCUT2D eigenvalue weighted by Gasteiger charge is 2.52. The van der Waals surface area contributed by atoms with E-state index in [4.69, 9.17) is 19.2 Å². The number of fused-ring (bicyclic) bond motifs is 1. The smallest absolute Gasteiger partial charge is 0.491 e. The van der Waals surface area contributed by atoms with E-state index < -0.39 is 24.4 Å². The fraction of sp³-hybridized carbons (Fsp3) is 0.562. The van der Waals surface area contributed by atoms with Gasteiger partial charge in [0.1, 0.15) is 12.4 Å². The van der Waals surface area contributed by atoms with Gasteiger partial charge in [-0.2, -0.15) is 0 Å². The molecule has 1 saturated heterocycles. The molecule has 2 aliphatic rings. The number of hydrogen-bond acceptors (Lipinski definition) is 4. The molecule has 1 aromatic carbocycles. The number of carboxylic acid groups (broad SMARTS) is 1. The van der Waals surface area contributed by atoms with Crippen LogP contribution in [0.2, 0.25) is 0 Å². The van der Waals surface area contributed by atoms with Crippen LogP contribution in [-0.2, 0) is 15.7 Å². The molecule has 0 radical (unpaired) electrons. The molecule has 0 bridgehead atoms. The normalized spacial score (nSPS) is 24.7. The molecule has 1 atom stereocenters. The third-order valence-electron chi connectivity index (χ3n) is 4.89. The van der Waals surface area contributed by atoms with Crippen molar-refractivity contribution in [3.63, 3.8) is 0 Å². The van der Waals surface area contributed by atoms with Gasteiger partial charge < -0.3 is 24.5 Å². The lowest BCUT2D eigenvalue weighted by Crippen LogP contribution is -2.46. The molecule has 1 aromatic rings. The third kappa shape index (κ3) is 2.91. The van der Waals surface area contributed by atoms with E-state index >= 15 is 0 Å². The zero-order valence-corrected chi connectivity index (χ0v) is 13.9. The zero-order chi connectivity index (χ0) is 16.8. The maximum atomic E-state index is 10.9. The van der Waals surface area contributed by atoms with E-state index in [1.165, 1.54) is 0 Å². The second kappa shape index (κ2) is 5.42. The number of hydrogen-bond donors (Lipinski definition) is 2. The van der Waals surface area contributed by atoms with Gasteiger partial charge in [-0.25, -0.2) is 4.79 Å². The predicted octanol–water partition coefficient (Wildman–Crippen LogP) is 1.56. The Hall–Kier alpha value is -1.73. The lowest BCUT2D eigenvalue weighted by atomic mass is 9.74. The first kappa shape index (κ1) is 16.1. The molecule has 2 aliphatic heterocycles. The second-order valence-corrected chi connectivity index (χ2v) is 7.07. The number of carbonyl (C=O) groups is 1. The van der Waals surface area contributed by atoms with Crippen LogP contribution in [0, 0.1) is 0 Å². The Morgan fingerprint density at radius 3 is 2.52 bits per heavy atom. The molecule has 3 rings (SSSR count). The first-order valence-corrected chi connectivity index (χ1v) is 7.79. The number of benzene rings is 1. The molecule has 1 amide bonds. The quantitative estimate of drug-likeness (QED) is 0.809. The minimum absolute atomic E-state index is 0.274. The van der Waals surface area contributed by atoms with Crippen molar-refractivity contribution in [2.45, 2.75) is 51.4 Å². The lowest BCUT2D eigenvalue weighted by Gasteiger charge is -2.32. The van der Waals surface area contributed by atoms with Crippen LogP contribution in [0.25, 0.3) is 0 Å². The molecule has 2 N–H and O–H groups in total. The summed E-state index contributed by atoms with van der Waals surface area (Å²) in [5.74, 6) is 0.764. The minimum atomic E-state index is -1.05. The van der Waals surface area contributed by atoms with Crippen LogP contribution >= 0.6 is 0 Å². The summed E-state index contributed by atoms with van der Waals surface area (Å²) in [5.41, 5.74) is 0.998. The van der Waals surface area contributed by atoms with Gasteiger partial charge in [0.2, 0.25) is 0 Å². The number of rotatable bonds is 2. The van der Waals surface area contributed by atoms with Crippen LogP contribution in [-0.4, -0.2) is 42.2 Å². The SMILES string of the molecule is CC1(C)OB(c2cccc3c2C[C@H](NC(=O)O)CO3)OC1(C)C. The van der Waals surface area contributed by atoms with Gasteiger partial charge in [-0.3, -0.25) is 0 Å². The summed E-state index contributed by atoms with van der Waals surface area (Å²) < 4.78 is 17.9. The van der Waals surface area contributed by atoms with Crippen molar-refractivity contribution >= 4 is 18.7 Å². The Balaban J connectivity index is 1.90. The molecule has 0 aromatic heterocycles. The zero-order valence-electron chi connectivity index (χ0n) is 13.9. The molecule has 6 nitrogen and oxygen atoms in total. The Bertz CT molecular complexity index is 615. The third-order valence-corrected chi connectivity index (χ3v) is 4.89. The van der Waals surface area contributed by atoms with Crippen LogP contribution in [0.4, 0.5) is 4.79 Å². The van der Waals surface area contributed by atoms with E-state index in [0.29, 0.717) is 13.0 Å². The molecule has 23 heavy (non-hydrogen) atoms. The average Bonchev–Trinajstić information content (AvgIpc) is 2.66. The van der Waals surface area contributed by atoms with Crippen LogP contribution in [0.1, 0.15) is 33.3 Å². The molecule has 0 saturated carbocycles. The van der Waals surface area contributed by atoms with E-state index in [2.05, 4.69) is 5.32 Å². The number of amides is 1. The maximum absolute atomic E-state index is 10.9. The minimum Gasteiger partial charge on any atom is -0.491 e. The van der Waals surface area contributed by atoms with Crippen molar-refractivity contribution in [2.75, 3.05) is 6.61 Å². The lowest BCUT2D eigenvalue weighted by molar-refractivity contribution is 0.00578. The average molecular weight is 319 g/mol. The van der Waals surface area contributed by atoms with Gasteiger partial charge in [0.05, 0.1) is 17.2 Å². The van der Waals surface area contributed by atoms with Crippen LogP contribution < -0.4 is 15.5 Å². The maximum Gasteiger partial charge on any atom is 0.495 e. The molecule has 1 fully saturated rings. The first-order valence-electron chi connectivity index (χ1n) is 7.79. The highest BCUT2D eigenvalue weighted by molar-refractivity contribution is 6.62. The second-order valence-electron chi connectivity index (χ2n) is 7.07. The summed E-state index contributed by atoms with van der Waals surface area (Å²) in [5, 5.41) is 11.4. The van der Waals surface area contributed by atoms with Gasteiger partial charge in [0.15, 0.2) is 0 Å². The predicted molar refractivity (Wildman–Crippen MR) is 86.3 cm³/mol. The summed E-state index contributed by atoms with van der Waals surface area (Å²) in [6.45, 7) is 8.36. The molecule has 0 unspecified atom stereocenters. The van der Waals surface area contributed by atoms with Crippen LogP contribution in [0.5, 0.6) is 5.75 Å². The summed E-state index contributed by atoms with van der Waals surface area (Å²) in [6, 6.07) is 5.47. The van der Waals surface area contributed by atoms with Crippen molar-refractivity contribution in [3.8, 4) is 5.75 Å². The van der Waals surface area contributed by atoms with Crippen molar-refractivity contribution in [2.24, 2.45) is 0 Å². The molecule has 2 heterocycles. The van der Waals surface area contributed by atoms with E-state index in [-0.39, 0.29) is 6.04 Å². The number of ether oxygens (including phenoxy) is 1. The fourth-order valence-electron chi connectivity index (χ4n) is 2.89. The van der Waals surface area contributed by atoms with E-state index in [9.17, 15) is 4.79 Å². The molecule has 124 valence electrons. The Morgan fingerprint density at radius 2 is 1.91 bits per heavy atom. The molecule has 7 heteroatoms. The Kier molecular flexibility index (Phi) is 3.81. The topological polar surface area (TPSA) is 77.0 Å². The van der Waals surface area contributed by atoms with Crippen molar-refractivity contribution < 1.29 is 23.9 Å². The number of nitrogens with one attached hydrogen (secondary N) is 1. The van der Waals surface area contributed by atoms with Crippen LogP contribution in [0.15, 0.2) is 18.2 Å². The van der Waals surface area contributed by atoms with E-state index in [1.54, 1.807) is 0 Å². The van der Waals surface area contributed by atoms with E-state index in [1.807, 2.05) is 45.9 Å². The fourth-order valence-corrected chi connectivity index (χ4v) is 2.89.